The van der Waals surface area contributed by atoms with Crippen LogP contribution in [0.25, 0.3) is 0 Å². The van der Waals surface area contributed by atoms with Crippen molar-refractivity contribution in [2.75, 3.05) is 6.54 Å². The molecule has 1 N–H and O–H groups in total. The summed E-state index contributed by atoms with van der Waals surface area (Å²) in [6.45, 7) is 4.95. The molecule has 0 saturated heterocycles. The molecule has 0 unspecified atom stereocenters. The fourth-order valence-electron chi connectivity index (χ4n) is 2.34. The third kappa shape index (κ3) is 3.58. The van der Waals surface area contributed by atoms with Crippen molar-refractivity contribution in [1.29, 1.82) is 0 Å². The fraction of sp³-hybridized carbons (Fsp3) is 0.643. The van der Waals surface area contributed by atoms with E-state index in [4.69, 9.17) is 0 Å². The van der Waals surface area contributed by atoms with Crippen LogP contribution in [0.3, 0.4) is 0 Å². The van der Waals surface area contributed by atoms with Gasteiger partial charge in [-0.05, 0) is 57.1 Å². The zero-order chi connectivity index (χ0) is 13.1. The van der Waals surface area contributed by atoms with Crippen LogP contribution in [0.2, 0.25) is 0 Å². The van der Waals surface area contributed by atoms with Crippen LogP contribution in [0.5, 0.6) is 0 Å². The number of hydrogen-bond acceptors (Lipinski definition) is 2. The van der Waals surface area contributed by atoms with Crippen molar-refractivity contribution >= 4 is 33.2 Å². The average molecular weight is 330 g/mol. The fourth-order valence-corrected chi connectivity index (χ4v) is 3.81. The van der Waals surface area contributed by atoms with E-state index in [2.05, 4.69) is 35.1 Å². The summed E-state index contributed by atoms with van der Waals surface area (Å²) in [4.78, 5) is 14.8. The van der Waals surface area contributed by atoms with E-state index >= 15 is 0 Å². The Labute approximate surface area is 121 Å². The molecule has 1 aliphatic rings. The molecule has 1 heterocycles. The molecule has 1 aromatic heterocycles. The van der Waals surface area contributed by atoms with Crippen LogP contribution in [0.15, 0.2) is 6.07 Å². The first-order valence-electron chi connectivity index (χ1n) is 6.55. The molecular formula is C14H20BrNOS. The molecule has 1 aromatic rings. The highest BCUT2D eigenvalue weighted by Gasteiger charge is 2.20. The third-order valence-electron chi connectivity index (χ3n) is 3.72. The Morgan fingerprint density at radius 3 is 2.61 bits per heavy atom. The van der Waals surface area contributed by atoms with Crippen molar-refractivity contribution in [3.8, 4) is 0 Å². The largest absolute Gasteiger partial charge is 0.351 e. The van der Waals surface area contributed by atoms with E-state index in [1.807, 2.05) is 6.07 Å². The highest BCUT2D eigenvalue weighted by molar-refractivity contribution is 9.09. The van der Waals surface area contributed by atoms with E-state index in [9.17, 15) is 4.79 Å². The van der Waals surface area contributed by atoms with Crippen molar-refractivity contribution in [2.45, 2.75) is 44.4 Å². The van der Waals surface area contributed by atoms with Crippen molar-refractivity contribution in [3.63, 3.8) is 0 Å². The maximum Gasteiger partial charge on any atom is 0.261 e. The van der Waals surface area contributed by atoms with Crippen LogP contribution in [-0.2, 0) is 0 Å². The Balaban J connectivity index is 1.81. The van der Waals surface area contributed by atoms with E-state index in [1.165, 1.54) is 36.1 Å². The normalized spacial score (nSPS) is 23.9. The van der Waals surface area contributed by atoms with Gasteiger partial charge in [0.25, 0.3) is 5.91 Å². The molecule has 4 heteroatoms. The molecule has 1 aliphatic carbocycles. The Morgan fingerprint density at radius 2 is 2.06 bits per heavy atom. The second kappa shape index (κ2) is 6.20. The van der Waals surface area contributed by atoms with E-state index in [1.54, 1.807) is 11.3 Å². The second-order valence-electron chi connectivity index (χ2n) is 5.18. The summed E-state index contributed by atoms with van der Waals surface area (Å²) < 4.78 is 0. The highest BCUT2D eigenvalue weighted by atomic mass is 79.9. The highest BCUT2D eigenvalue weighted by Crippen LogP contribution is 2.28. The molecule has 2 nitrogen and oxygen atoms in total. The number of amides is 1. The minimum Gasteiger partial charge on any atom is -0.351 e. The van der Waals surface area contributed by atoms with Crippen LogP contribution in [0, 0.1) is 19.8 Å². The average Bonchev–Trinajstić information content (AvgIpc) is 2.69. The van der Waals surface area contributed by atoms with E-state index in [0.717, 1.165) is 11.4 Å². The van der Waals surface area contributed by atoms with E-state index in [-0.39, 0.29) is 5.91 Å². The Kier molecular flexibility index (Phi) is 4.84. The van der Waals surface area contributed by atoms with Gasteiger partial charge in [0.2, 0.25) is 0 Å². The lowest BCUT2D eigenvalue weighted by molar-refractivity contribution is 0.0948. The van der Waals surface area contributed by atoms with E-state index in [0.29, 0.717) is 10.7 Å². The van der Waals surface area contributed by atoms with E-state index < -0.39 is 0 Å². The number of alkyl halides is 1. The molecule has 1 amide bonds. The lowest BCUT2D eigenvalue weighted by Gasteiger charge is -2.25. The summed E-state index contributed by atoms with van der Waals surface area (Å²) in [5, 5.41) is 3.08. The summed E-state index contributed by atoms with van der Waals surface area (Å²) in [7, 11) is 0. The molecule has 100 valence electrons. The van der Waals surface area contributed by atoms with Crippen LogP contribution in [0.4, 0.5) is 0 Å². The number of thiophene rings is 1. The number of halogens is 1. The molecule has 0 aliphatic heterocycles. The number of carbonyl (C=O) groups is 1. The van der Waals surface area contributed by atoms with Crippen LogP contribution in [0.1, 0.15) is 45.8 Å². The number of aryl methyl sites for hydroxylation is 2. The molecule has 0 spiro atoms. The van der Waals surface area contributed by atoms with Crippen LogP contribution >= 0.6 is 27.3 Å². The van der Waals surface area contributed by atoms with Crippen molar-refractivity contribution in [2.24, 2.45) is 5.92 Å². The van der Waals surface area contributed by atoms with Crippen LogP contribution in [-0.4, -0.2) is 17.3 Å². The Morgan fingerprint density at radius 1 is 1.39 bits per heavy atom. The molecular weight excluding hydrogens is 310 g/mol. The predicted molar refractivity (Wildman–Crippen MR) is 80.8 cm³/mol. The topological polar surface area (TPSA) is 29.1 Å². The SMILES string of the molecule is Cc1cc(C(=O)NCC2CCC(Br)CC2)sc1C. The zero-order valence-corrected chi connectivity index (χ0v) is 13.4. The van der Waals surface area contributed by atoms with Gasteiger partial charge < -0.3 is 5.32 Å². The molecule has 0 aromatic carbocycles. The standard InChI is InChI=1S/C14H20BrNOS/c1-9-7-13(18-10(9)2)14(17)16-8-11-3-5-12(15)6-4-11/h7,11-12H,3-6,8H2,1-2H3,(H,16,17). The third-order valence-corrected chi connectivity index (χ3v) is 5.78. The second-order valence-corrected chi connectivity index (χ2v) is 7.73. The first-order chi connectivity index (χ1) is 8.56. The minimum atomic E-state index is 0.0946. The van der Waals surface area contributed by atoms with Gasteiger partial charge in [0.1, 0.15) is 0 Å². The van der Waals surface area contributed by atoms with Gasteiger partial charge in [0.05, 0.1) is 4.88 Å². The summed E-state index contributed by atoms with van der Waals surface area (Å²) >= 11 is 5.25. The lowest BCUT2D eigenvalue weighted by Crippen LogP contribution is -2.30. The molecule has 18 heavy (non-hydrogen) atoms. The maximum atomic E-state index is 12.0. The van der Waals surface area contributed by atoms with Gasteiger partial charge in [-0.25, -0.2) is 0 Å². The van der Waals surface area contributed by atoms with Crippen molar-refractivity contribution in [3.05, 3.63) is 21.4 Å². The van der Waals surface area contributed by atoms with Crippen LogP contribution < -0.4 is 5.32 Å². The summed E-state index contributed by atoms with van der Waals surface area (Å²) in [6, 6.07) is 1.99. The van der Waals surface area contributed by atoms with Crippen molar-refractivity contribution < 1.29 is 4.79 Å². The Bertz CT molecular complexity index is 402. The minimum absolute atomic E-state index is 0.0946. The van der Waals surface area contributed by atoms with Gasteiger partial charge in [-0.15, -0.1) is 11.3 Å². The predicted octanol–water partition coefficient (Wildman–Crippen LogP) is 4.05. The first kappa shape index (κ1) is 14.1. The summed E-state index contributed by atoms with van der Waals surface area (Å²) in [5.41, 5.74) is 1.21. The lowest BCUT2D eigenvalue weighted by atomic mass is 9.89. The monoisotopic (exact) mass is 329 g/mol. The molecule has 0 radical (unpaired) electrons. The smallest absolute Gasteiger partial charge is 0.261 e. The first-order valence-corrected chi connectivity index (χ1v) is 8.28. The molecule has 2 rings (SSSR count). The van der Waals surface area contributed by atoms with Crippen molar-refractivity contribution in [1.82, 2.24) is 5.32 Å². The number of nitrogens with one attached hydrogen (secondary N) is 1. The summed E-state index contributed by atoms with van der Waals surface area (Å²) in [6.07, 6.45) is 4.91. The molecule has 1 fully saturated rings. The number of rotatable bonds is 3. The van der Waals surface area contributed by atoms with Gasteiger partial charge in [-0.1, -0.05) is 15.9 Å². The summed E-state index contributed by atoms with van der Waals surface area (Å²) in [5.74, 6) is 0.752. The van der Waals surface area contributed by atoms with Gasteiger partial charge in [0.15, 0.2) is 0 Å². The van der Waals surface area contributed by atoms with Gasteiger partial charge in [-0.3, -0.25) is 4.79 Å². The Hall–Kier alpha value is -0.350. The maximum absolute atomic E-state index is 12.0. The number of hydrogen-bond donors (Lipinski definition) is 1. The molecule has 1 saturated carbocycles. The van der Waals surface area contributed by atoms with Gasteiger partial charge in [0, 0.05) is 16.2 Å². The number of carbonyl (C=O) groups excluding carboxylic acids is 1. The molecule has 0 bridgehead atoms. The molecule has 0 atom stereocenters. The quantitative estimate of drug-likeness (QED) is 0.833. The zero-order valence-electron chi connectivity index (χ0n) is 11.0. The van der Waals surface area contributed by atoms with Gasteiger partial charge >= 0.3 is 0 Å². The van der Waals surface area contributed by atoms with Gasteiger partial charge in [-0.2, -0.15) is 0 Å².